The Morgan fingerprint density at radius 2 is 1.78 bits per heavy atom. The third-order valence-electron chi connectivity index (χ3n) is 5.36. The van der Waals surface area contributed by atoms with Crippen LogP contribution in [0.2, 0.25) is 0 Å². The van der Waals surface area contributed by atoms with Gasteiger partial charge in [0.05, 0.1) is 28.9 Å². The van der Waals surface area contributed by atoms with Crippen LogP contribution in [0.1, 0.15) is 43.5 Å². The summed E-state index contributed by atoms with van der Waals surface area (Å²) in [6.45, 7) is 5.36. The van der Waals surface area contributed by atoms with Crippen LogP contribution in [0.4, 0.5) is 0 Å². The number of carbonyl (C=O) groups is 1. The van der Waals surface area contributed by atoms with Crippen LogP contribution in [0.5, 0.6) is 5.75 Å². The van der Waals surface area contributed by atoms with Gasteiger partial charge in [0.15, 0.2) is 5.65 Å². The predicted molar refractivity (Wildman–Crippen MR) is 128 cm³/mol. The number of unbranched alkanes of at least 4 members (excludes halogenated alkanes) is 2. The van der Waals surface area contributed by atoms with E-state index in [2.05, 4.69) is 22.4 Å². The zero-order valence-corrected chi connectivity index (χ0v) is 18.5. The topological polar surface area (TPSA) is 79.9 Å². The molecule has 0 saturated carbocycles. The molecule has 0 atom stereocenters. The van der Waals surface area contributed by atoms with Crippen molar-refractivity contribution in [2.45, 2.75) is 33.1 Å². The van der Waals surface area contributed by atoms with E-state index < -0.39 is 0 Å². The number of ether oxygens (including phenoxy) is 1. The molecule has 0 fully saturated rings. The summed E-state index contributed by atoms with van der Waals surface area (Å²) in [7, 11) is 0. The number of pyridine rings is 1. The van der Waals surface area contributed by atoms with E-state index >= 15 is 0 Å². The highest BCUT2D eigenvalue weighted by Gasteiger charge is 2.20. The highest BCUT2D eigenvalue weighted by atomic mass is 16.5. The Balaban J connectivity index is 1.78. The maximum Gasteiger partial charge on any atom is 0.252 e. The van der Waals surface area contributed by atoms with Crippen molar-refractivity contribution in [2.75, 3.05) is 13.2 Å². The van der Waals surface area contributed by atoms with Crippen LogP contribution in [-0.2, 0) is 0 Å². The van der Waals surface area contributed by atoms with Crippen molar-refractivity contribution in [2.24, 2.45) is 0 Å². The first-order valence-electron chi connectivity index (χ1n) is 11.2. The Bertz CT molecular complexity index is 1180. The van der Waals surface area contributed by atoms with Crippen LogP contribution < -0.4 is 10.1 Å². The second-order valence-electron chi connectivity index (χ2n) is 7.64. The van der Waals surface area contributed by atoms with Gasteiger partial charge < -0.3 is 10.1 Å². The minimum atomic E-state index is -0.112. The zero-order valence-electron chi connectivity index (χ0n) is 18.5. The highest BCUT2D eigenvalue weighted by molar-refractivity contribution is 6.10. The third kappa shape index (κ3) is 4.64. The molecule has 0 unspecified atom stereocenters. The van der Waals surface area contributed by atoms with Crippen LogP contribution in [0.3, 0.4) is 0 Å². The third-order valence-corrected chi connectivity index (χ3v) is 5.36. The van der Waals surface area contributed by atoms with E-state index in [-0.39, 0.29) is 5.91 Å². The SMILES string of the molecule is CCCCCNC(=O)c1cc(-c2ccc(OCC)cc2)nc2n[nH]c(-c3ccccc3)c12. The summed E-state index contributed by atoms with van der Waals surface area (Å²) >= 11 is 0. The van der Waals surface area contributed by atoms with E-state index in [0.29, 0.717) is 30.1 Å². The van der Waals surface area contributed by atoms with Crippen LogP contribution in [0.25, 0.3) is 33.5 Å². The molecule has 0 bridgehead atoms. The molecule has 0 aliphatic rings. The standard InChI is InChI=1S/C26H28N4O2/c1-3-5-9-16-27-26(31)21-17-22(18-12-14-20(15-13-18)32-4-2)28-25-23(21)24(29-30-25)19-10-7-6-8-11-19/h6-8,10-15,17H,3-5,9,16H2,1-2H3,(H,27,31)(H,28,29,30). The normalized spacial score (nSPS) is 10.9. The smallest absolute Gasteiger partial charge is 0.252 e. The number of rotatable bonds is 9. The summed E-state index contributed by atoms with van der Waals surface area (Å²) in [6, 6.07) is 19.5. The minimum absolute atomic E-state index is 0.112. The van der Waals surface area contributed by atoms with Gasteiger partial charge in [-0.05, 0) is 43.7 Å². The van der Waals surface area contributed by atoms with Crippen molar-refractivity contribution in [3.05, 3.63) is 66.2 Å². The van der Waals surface area contributed by atoms with Gasteiger partial charge in [0.2, 0.25) is 0 Å². The summed E-state index contributed by atoms with van der Waals surface area (Å²) in [5.74, 6) is 0.691. The number of H-pyrrole nitrogens is 1. The number of hydrogen-bond donors (Lipinski definition) is 2. The van der Waals surface area contributed by atoms with Crippen molar-refractivity contribution in [3.8, 4) is 28.3 Å². The molecular weight excluding hydrogens is 400 g/mol. The lowest BCUT2D eigenvalue weighted by Gasteiger charge is -2.10. The Morgan fingerprint density at radius 1 is 1.00 bits per heavy atom. The first-order chi connectivity index (χ1) is 15.7. The van der Waals surface area contributed by atoms with Crippen molar-refractivity contribution in [3.63, 3.8) is 0 Å². The maximum atomic E-state index is 13.2. The van der Waals surface area contributed by atoms with E-state index in [1.54, 1.807) is 0 Å². The molecule has 2 N–H and O–H groups in total. The molecule has 4 rings (SSSR count). The van der Waals surface area contributed by atoms with Gasteiger partial charge in [0, 0.05) is 17.7 Å². The van der Waals surface area contributed by atoms with Crippen molar-refractivity contribution in [1.29, 1.82) is 0 Å². The molecular formula is C26H28N4O2. The molecule has 6 heteroatoms. The van der Waals surface area contributed by atoms with E-state index in [9.17, 15) is 4.79 Å². The second kappa shape index (κ2) is 10.1. The fraction of sp³-hybridized carbons (Fsp3) is 0.269. The molecule has 1 amide bonds. The number of hydrogen-bond acceptors (Lipinski definition) is 4. The first-order valence-corrected chi connectivity index (χ1v) is 11.2. The fourth-order valence-electron chi connectivity index (χ4n) is 3.73. The maximum absolute atomic E-state index is 13.2. The molecule has 164 valence electrons. The first kappa shape index (κ1) is 21.6. The average molecular weight is 429 g/mol. The number of aromatic nitrogens is 3. The Morgan fingerprint density at radius 3 is 2.50 bits per heavy atom. The van der Waals surface area contributed by atoms with Crippen LogP contribution >= 0.6 is 0 Å². The Labute approximate surface area is 188 Å². The van der Waals surface area contributed by atoms with Gasteiger partial charge in [-0.3, -0.25) is 9.89 Å². The van der Waals surface area contributed by atoms with E-state index in [1.807, 2.05) is 67.6 Å². The highest BCUT2D eigenvalue weighted by Crippen LogP contribution is 2.31. The number of aromatic amines is 1. The number of benzene rings is 2. The molecule has 6 nitrogen and oxygen atoms in total. The summed E-state index contributed by atoms with van der Waals surface area (Å²) in [5.41, 5.74) is 4.46. The number of nitrogens with one attached hydrogen (secondary N) is 2. The van der Waals surface area contributed by atoms with Crippen molar-refractivity contribution < 1.29 is 9.53 Å². The summed E-state index contributed by atoms with van der Waals surface area (Å²) in [4.78, 5) is 18.0. The van der Waals surface area contributed by atoms with Crippen LogP contribution in [0.15, 0.2) is 60.7 Å². The predicted octanol–water partition coefficient (Wildman–Crippen LogP) is 5.61. The van der Waals surface area contributed by atoms with E-state index in [0.717, 1.165) is 47.2 Å². The van der Waals surface area contributed by atoms with Gasteiger partial charge in [0.25, 0.3) is 5.91 Å². The average Bonchev–Trinajstić information content (AvgIpc) is 3.26. The number of fused-ring (bicyclic) bond motifs is 1. The van der Waals surface area contributed by atoms with Crippen molar-refractivity contribution in [1.82, 2.24) is 20.5 Å². The fourth-order valence-corrected chi connectivity index (χ4v) is 3.73. The number of nitrogens with zero attached hydrogens (tertiary/aromatic N) is 2. The number of amides is 1. The molecule has 0 aliphatic heterocycles. The zero-order chi connectivity index (χ0) is 22.3. The lowest BCUT2D eigenvalue weighted by Crippen LogP contribution is -2.24. The summed E-state index contributed by atoms with van der Waals surface area (Å²) in [5, 5.41) is 11.3. The molecule has 2 aromatic carbocycles. The van der Waals surface area contributed by atoms with Gasteiger partial charge in [-0.25, -0.2) is 4.98 Å². The molecule has 0 aliphatic carbocycles. The number of carbonyl (C=O) groups excluding carboxylic acids is 1. The molecule has 4 aromatic rings. The molecule has 0 saturated heterocycles. The van der Waals surface area contributed by atoms with Gasteiger partial charge in [-0.1, -0.05) is 50.1 Å². The largest absolute Gasteiger partial charge is 0.494 e. The summed E-state index contributed by atoms with van der Waals surface area (Å²) in [6.07, 6.45) is 3.15. The van der Waals surface area contributed by atoms with Gasteiger partial charge in [-0.2, -0.15) is 5.10 Å². The van der Waals surface area contributed by atoms with Crippen molar-refractivity contribution >= 4 is 16.9 Å². The molecule has 0 radical (unpaired) electrons. The lowest BCUT2D eigenvalue weighted by atomic mass is 10.0. The lowest BCUT2D eigenvalue weighted by molar-refractivity contribution is 0.0954. The molecule has 32 heavy (non-hydrogen) atoms. The monoisotopic (exact) mass is 428 g/mol. The molecule has 0 spiro atoms. The quantitative estimate of drug-likeness (QED) is 0.340. The second-order valence-corrected chi connectivity index (χ2v) is 7.64. The molecule has 2 aromatic heterocycles. The van der Waals surface area contributed by atoms with E-state index in [1.165, 1.54) is 0 Å². The molecule has 2 heterocycles. The Hall–Kier alpha value is -3.67. The summed E-state index contributed by atoms with van der Waals surface area (Å²) < 4.78 is 5.54. The van der Waals surface area contributed by atoms with Gasteiger partial charge in [0.1, 0.15) is 5.75 Å². The van der Waals surface area contributed by atoms with Crippen LogP contribution in [-0.4, -0.2) is 34.2 Å². The van der Waals surface area contributed by atoms with Crippen LogP contribution in [0, 0.1) is 0 Å². The Kier molecular flexibility index (Phi) is 6.80. The van der Waals surface area contributed by atoms with Gasteiger partial charge >= 0.3 is 0 Å². The van der Waals surface area contributed by atoms with Gasteiger partial charge in [-0.15, -0.1) is 0 Å². The van der Waals surface area contributed by atoms with E-state index in [4.69, 9.17) is 9.72 Å². The minimum Gasteiger partial charge on any atom is -0.494 e.